The van der Waals surface area contributed by atoms with Crippen LogP contribution in [0.2, 0.25) is 0 Å². The van der Waals surface area contributed by atoms with E-state index in [2.05, 4.69) is 20.5 Å². The van der Waals surface area contributed by atoms with Crippen molar-refractivity contribution in [3.63, 3.8) is 0 Å². The molecule has 3 aromatic rings. The van der Waals surface area contributed by atoms with Crippen LogP contribution in [-0.2, 0) is 9.47 Å². The smallest absolute Gasteiger partial charge is 0.323 e. The number of rotatable bonds is 6. The summed E-state index contributed by atoms with van der Waals surface area (Å²) in [4.78, 5) is 46.7. The van der Waals surface area contributed by atoms with Gasteiger partial charge >= 0.3 is 6.03 Å². The van der Waals surface area contributed by atoms with Gasteiger partial charge in [-0.05, 0) is 64.8 Å². The van der Waals surface area contributed by atoms with Gasteiger partial charge in [0.25, 0.3) is 5.91 Å². The summed E-state index contributed by atoms with van der Waals surface area (Å²) < 4.78 is 33.6. The average molecular weight is 661 g/mol. The monoisotopic (exact) mass is 660 g/mol. The van der Waals surface area contributed by atoms with E-state index in [-0.39, 0.29) is 47.0 Å². The molecule has 4 aliphatic rings. The fourth-order valence-corrected chi connectivity index (χ4v) is 6.79. The Kier molecular flexibility index (Phi) is 8.54. The quantitative estimate of drug-likeness (QED) is 0.388. The molecule has 0 radical (unpaired) electrons. The average Bonchev–Trinajstić information content (AvgIpc) is 3.36. The number of carbonyl (C=O) groups excluding carboxylic acids is 2. The summed E-state index contributed by atoms with van der Waals surface area (Å²) in [5, 5.41) is 5.30. The van der Waals surface area contributed by atoms with E-state index >= 15 is 4.39 Å². The maximum absolute atomic E-state index is 15.7. The summed E-state index contributed by atoms with van der Waals surface area (Å²) in [7, 11) is 0. The standard InChI is InChI=1S/C34H41FN8O5/c1-5-41-19-34(3,4)48-30-28(31(41)44)29(39-32(40-30)43-12-13-46-18-20(43)2)21-6-10-26(25(35)14-21)38-33(45)37-22-7-11-27(36-15-22)42-16-23-8-9-24(17-42)47-23/h6-7,10-11,14-15,20,23-24H,5,8-9,12-13,16-19H2,1-4H3,(H2,37,38,45). The van der Waals surface area contributed by atoms with Crippen LogP contribution in [0.3, 0.4) is 0 Å². The van der Waals surface area contributed by atoms with Gasteiger partial charge in [0.05, 0.1) is 61.3 Å². The number of fused-ring (bicyclic) bond motifs is 3. The maximum atomic E-state index is 15.7. The second-order valence-electron chi connectivity index (χ2n) is 13.4. The molecule has 0 aliphatic carbocycles. The SMILES string of the molecule is CCN1CC(C)(C)Oc2nc(N3CCOCC3C)nc(-c3ccc(NC(=O)Nc4ccc(N5CC6CCC(C5)O6)nc4)c(F)c3)c2C1=O. The number of hydrogen-bond acceptors (Lipinski definition) is 10. The Morgan fingerprint density at radius 2 is 1.90 bits per heavy atom. The molecule has 3 unspecified atom stereocenters. The van der Waals surface area contributed by atoms with Crippen molar-refractivity contribution in [3.05, 3.63) is 47.9 Å². The minimum atomic E-state index is -0.721. The highest BCUT2D eigenvalue weighted by Crippen LogP contribution is 2.37. The summed E-state index contributed by atoms with van der Waals surface area (Å²) >= 11 is 0. The molecule has 13 nitrogen and oxygen atoms in total. The topological polar surface area (TPSA) is 134 Å². The summed E-state index contributed by atoms with van der Waals surface area (Å²) in [6.45, 7) is 11.7. The van der Waals surface area contributed by atoms with E-state index in [1.54, 1.807) is 23.2 Å². The molecule has 2 N–H and O–H groups in total. The van der Waals surface area contributed by atoms with Crippen molar-refractivity contribution in [2.75, 3.05) is 66.4 Å². The lowest BCUT2D eigenvalue weighted by molar-refractivity contribution is 0.0302. The first-order chi connectivity index (χ1) is 23.1. The van der Waals surface area contributed by atoms with Gasteiger partial charge in [0.1, 0.15) is 22.8 Å². The van der Waals surface area contributed by atoms with Gasteiger partial charge in [0.15, 0.2) is 0 Å². The third-order valence-corrected chi connectivity index (χ3v) is 9.18. The number of morpholine rings is 2. The molecule has 4 aliphatic heterocycles. The maximum Gasteiger partial charge on any atom is 0.323 e. The van der Waals surface area contributed by atoms with Crippen molar-refractivity contribution in [1.82, 2.24) is 19.9 Å². The summed E-state index contributed by atoms with van der Waals surface area (Å²) in [5.41, 5.74) is 0.490. The molecule has 3 fully saturated rings. The van der Waals surface area contributed by atoms with E-state index in [0.717, 1.165) is 31.7 Å². The molecule has 0 saturated carbocycles. The highest BCUT2D eigenvalue weighted by molar-refractivity contribution is 6.03. The third kappa shape index (κ3) is 6.46. The number of anilines is 4. The van der Waals surface area contributed by atoms with E-state index in [1.165, 1.54) is 12.1 Å². The van der Waals surface area contributed by atoms with Gasteiger partial charge in [-0.25, -0.2) is 19.2 Å². The molecule has 0 spiro atoms. The molecular weight excluding hydrogens is 619 g/mol. The molecule has 3 atom stereocenters. The van der Waals surface area contributed by atoms with Gasteiger partial charge in [-0.15, -0.1) is 0 Å². The van der Waals surface area contributed by atoms with Crippen LogP contribution in [0.4, 0.5) is 32.3 Å². The molecule has 3 amide bonds. The van der Waals surface area contributed by atoms with Gasteiger partial charge < -0.3 is 39.5 Å². The van der Waals surface area contributed by atoms with Crippen LogP contribution < -0.4 is 25.2 Å². The Morgan fingerprint density at radius 3 is 2.58 bits per heavy atom. The number of pyridine rings is 1. The van der Waals surface area contributed by atoms with Crippen molar-refractivity contribution in [3.8, 4) is 17.1 Å². The van der Waals surface area contributed by atoms with Gasteiger partial charge in [0.2, 0.25) is 11.8 Å². The Morgan fingerprint density at radius 1 is 1.10 bits per heavy atom. The number of benzene rings is 1. The molecular formula is C34H41FN8O5. The molecule has 1 aromatic carbocycles. The van der Waals surface area contributed by atoms with Crippen molar-refractivity contribution in [2.24, 2.45) is 0 Å². The number of hydrogen-bond donors (Lipinski definition) is 2. The van der Waals surface area contributed by atoms with Crippen molar-refractivity contribution >= 4 is 35.1 Å². The lowest BCUT2D eigenvalue weighted by Crippen LogP contribution is -2.44. The van der Waals surface area contributed by atoms with Crippen LogP contribution >= 0.6 is 0 Å². The summed E-state index contributed by atoms with van der Waals surface area (Å²) in [6, 6.07) is 7.33. The second-order valence-corrected chi connectivity index (χ2v) is 13.4. The van der Waals surface area contributed by atoms with Gasteiger partial charge in [0, 0.05) is 31.7 Å². The molecule has 7 rings (SSSR count). The number of urea groups is 1. The molecule has 3 saturated heterocycles. The lowest BCUT2D eigenvalue weighted by atomic mass is 10.0. The highest BCUT2D eigenvalue weighted by Gasteiger charge is 2.38. The van der Waals surface area contributed by atoms with Crippen LogP contribution in [0, 0.1) is 5.82 Å². The highest BCUT2D eigenvalue weighted by atomic mass is 19.1. The van der Waals surface area contributed by atoms with Crippen LogP contribution in [0.15, 0.2) is 36.5 Å². The Labute approximate surface area is 278 Å². The number of likely N-dealkylation sites (N-methyl/N-ethyl adjacent to an activating group) is 1. The molecule has 6 heterocycles. The van der Waals surface area contributed by atoms with Crippen LogP contribution in [0.25, 0.3) is 11.3 Å². The second kappa shape index (κ2) is 12.8. The van der Waals surface area contributed by atoms with E-state index < -0.39 is 17.4 Å². The molecule has 2 bridgehead atoms. The zero-order chi connectivity index (χ0) is 33.6. The zero-order valence-electron chi connectivity index (χ0n) is 27.7. The molecule has 2 aromatic heterocycles. The summed E-state index contributed by atoms with van der Waals surface area (Å²) in [5.74, 6) is 0.364. The first-order valence-electron chi connectivity index (χ1n) is 16.6. The van der Waals surface area contributed by atoms with Gasteiger partial charge in [-0.2, -0.15) is 4.98 Å². The molecule has 48 heavy (non-hydrogen) atoms. The number of nitrogens with one attached hydrogen (secondary N) is 2. The number of aromatic nitrogens is 3. The van der Waals surface area contributed by atoms with Gasteiger partial charge in [-0.1, -0.05) is 6.07 Å². The van der Waals surface area contributed by atoms with Crippen LogP contribution in [0.1, 0.15) is 50.9 Å². The fraction of sp³-hybridized carbons (Fsp3) is 0.500. The largest absolute Gasteiger partial charge is 0.469 e. The normalized spacial score (nSPS) is 23.3. The number of ether oxygens (including phenoxy) is 3. The Hall–Kier alpha value is -4.56. The number of amides is 3. The minimum absolute atomic E-state index is 0.0195. The van der Waals surface area contributed by atoms with Crippen molar-refractivity contribution in [1.29, 1.82) is 0 Å². The Balaban J connectivity index is 1.13. The lowest BCUT2D eigenvalue weighted by Gasteiger charge is -2.34. The number of carbonyl (C=O) groups is 2. The third-order valence-electron chi connectivity index (χ3n) is 9.18. The number of nitrogens with zero attached hydrogens (tertiary/aromatic N) is 6. The molecule has 254 valence electrons. The van der Waals surface area contributed by atoms with Crippen LogP contribution in [0.5, 0.6) is 5.88 Å². The fourth-order valence-electron chi connectivity index (χ4n) is 6.79. The predicted molar refractivity (Wildman–Crippen MR) is 178 cm³/mol. The first-order valence-corrected chi connectivity index (χ1v) is 16.6. The minimum Gasteiger partial charge on any atom is -0.469 e. The van der Waals surface area contributed by atoms with Gasteiger partial charge in [-0.3, -0.25) is 4.79 Å². The Bertz CT molecular complexity index is 1690. The summed E-state index contributed by atoms with van der Waals surface area (Å²) in [6.07, 6.45) is 4.19. The zero-order valence-corrected chi connectivity index (χ0v) is 27.7. The van der Waals surface area contributed by atoms with Crippen LogP contribution in [-0.4, -0.2) is 102 Å². The van der Waals surface area contributed by atoms with E-state index in [0.29, 0.717) is 50.0 Å². The van der Waals surface area contributed by atoms with E-state index in [1.807, 2.05) is 38.7 Å². The first kappa shape index (κ1) is 32.0. The molecule has 14 heteroatoms. The van der Waals surface area contributed by atoms with Crippen molar-refractivity contribution < 1.29 is 28.2 Å². The predicted octanol–water partition coefficient (Wildman–Crippen LogP) is 4.55. The number of halogens is 1. The van der Waals surface area contributed by atoms with E-state index in [4.69, 9.17) is 24.2 Å². The van der Waals surface area contributed by atoms with E-state index in [9.17, 15) is 9.59 Å². The van der Waals surface area contributed by atoms with Crippen molar-refractivity contribution in [2.45, 2.75) is 64.4 Å².